The molecule has 0 aliphatic heterocycles. The topological polar surface area (TPSA) is 17.3 Å². The van der Waals surface area contributed by atoms with Gasteiger partial charge < -0.3 is 4.57 Å². The van der Waals surface area contributed by atoms with Crippen molar-refractivity contribution in [2.75, 3.05) is 0 Å². The third-order valence-corrected chi connectivity index (χ3v) is 6.19. The van der Waals surface area contributed by atoms with Crippen molar-refractivity contribution in [1.29, 1.82) is 0 Å². The zero-order chi connectivity index (χ0) is 20.2. The summed E-state index contributed by atoms with van der Waals surface area (Å²) < 4.78 is 2.21. The second-order valence-corrected chi connectivity index (χ2v) is 8.62. The lowest BCUT2D eigenvalue weighted by Gasteiger charge is -2.11. The van der Waals surface area contributed by atoms with Gasteiger partial charge in [0.1, 0.15) is 0 Å². The monoisotopic (exact) mass is 458 g/mol. The number of nitrogens with zero attached hydrogens (tertiary/aromatic N) is 2. The molecule has 3 aromatic carbocycles. The molecule has 0 saturated heterocycles. The maximum absolute atomic E-state index is 6.50. The van der Waals surface area contributed by atoms with Crippen LogP contribution in [0, 0.1) is 0 Å². The Balaban J connectivity index is 1.78. The Morgan fingerprint density at radius 1 is 0.828 bits per heavy atom. The third kappa shape index (κ3) is 4.93. The Morgan fingerprint density at radius 2 is 1.55 bits per heavy atom. The van der Waals surface area contributed by atoms with E-state index in [1.54, 1.807) is 17.4 Å². The molecule has 0 saturated carbocycles. The molecule has 29 heavy (non-hydrogen) atoms. The molecule has 0 radical (unpaired) electrons. The molecule has 0 fully saturated rings. The second-order valence-electron chi connectivity index (χ2n) is 6.50. The molecule has 0 bridgehead atoms. The van der Waals surface area contributed by atoms with Crippen LogP contribution < -0.4 is 4.80 Å². The largest absolute Gasteiger partial charge is 0.316 e. The highest BCUT2D eigenvalue weighted by molar-refractivity contribution is 7.07. The summed E-state index contributed by atoms with van der Waals surface area (Å²) in [5.41, 5.74) is 4.11. The molecular formula is C23H17Cl3N2S. The molecule has 4 rings (SSSR count). The van der Waals surface area contributed by atoms with Gasteiger partial charge in [0.2, 0.25) is 0 Å². The quantitative estimate of drug-likeness (QED) is 0.291. The average Bonchev–Trinajstić information content (AvgIpc) is 3.11. The molecule has 0 spiro atoms. The van der Waals surface area contributed by atoms with Crippen molar-refractivity contribution in [3.05, 3.63) is 104 Å². The lowest BCUT2D eigenvalue weighted by molar-refractivity contribution is 0.684. The van der Waals surface area contributed by atoms with E-state index in [1.807, 2.05) is 42.5 Å². The van der Waals surface area contributed by atoms with Gasteiger partial charge in [0.25, 0.3) is 0 Å². The molecule has 6 heteroatoms. The number of thiazole rings is 1. The maximum Gasteiger partial charge on any atom is 0.190 e. The van der Waals surface area contributed by atoms with E-state index in [0.29, 0.717) is 15.1 Å². The normalized spacial score (nSPS) is 11.8. The van der Waals surface area contributed by atoms with Gasteiger partial charge in [-0.15, -0.1) is 11.3 Å². The predicted octanol–water partition coefficient (Wildman–Crippen LogP) is 7.65. The fourth-order valence-corrected chi connectivity index (χ4v) is 4.64. The summed E-state index contributed by atoms with van der Waals surface area (Å²) >= 11 is 20.2. The van der Waals surface area contributed by atoms with Crippen LogP contribution in [-0.4, -0.2) is 4.57 Å². The van der Waals surface area contributed by atoms with Crippen LogP contribution in [0.25, 0.3) is 11.3 Å². The van der Waals surface area contributed by atoms with Crippen molar-refractivity contribution >= 4 is 51.8 Å². The summed E-state index contributed by atoms with van der Waals surface area (Å²) in [6.07, 6.45) is 0.892. The number of rotatable bonds is 5. The van der Waals surface area contributed by atoms with Crippen molar-refractivity contribution in [2.45, 2.75) is 13.0 Å². The number of hydrogen-bond donors (Lipinski definition) is 0. The smallest absolute Gasteiger partial charge is 0.190 e. The van der Waals surface area contributed by atoms with Crippen molar-refractivity contribution in [3.8, 4) is 11.3 Å². The predicted molar refractivity (Wildman–Crippen MR) is 125 cm³/mol. The van der Waals surface area contributed by atoms with Crippen LogP contribution in [0.2, 0.25) is 15.1 Å². The Labute approximate surface area is 188 Å². The first kappa shape index (κ1) is 20.2. The van der Waals surface area contributed by atoms with E-state index < -0.39 is 0 Å². The fourth-order valence-electron chi connectivity index (χ4n) is 3.06. The van der Waals surface area contributed by atoms with Crippen LogP contribution in [0.4, 0.5) is 5.69 Å². The number of halogens is 3. The van der Waals surface area contributed by atoms with E-state index in [9.17, 15) is 0 Å². The summed E-state index contributed by atoms with van der Waals surface area (Å²) in [5, 5.41) is 4.04. The highest BCUT2D eigenvalue weighted by Crippen LogP contribution is 2.31. The first-order valence-electron chi connectivity index (χ1n) is 9.08. The maximum atomic E-state index is 6.50. The minimum absolute atomic E-state index is 0.621. The highest BCUT2D eigenvalue weighted by Gasteiger charge is 2.12. The molecule has 0 unspecified atom stereocenters. The SMILES string of the molecule is Clc1ccc(N=c2scc(-c3ccc(Cl)cc3Cl)n2CCc2ccccc2)cc1. The summed E-state index contributed by atoms with van der Waals surface area (Å²) in [6, 6.07) is 23.5. The van der Waals surface area contributed by atoms with Crippen molar-refractivity contribution < 1.29 is 0 Å². The van der Waals surface area contributed by atoms with Gasteiger partial charge in [0.15, 0.2) is 4.80 Å². The van der Waals surface area contributed by atoms with Gasteiger partial charge in [-0.05, 0) is 54.4 Å². The number of hydrogen-bond acceptors (Lipinski definition) is 2. The van der Waals surface area contributed by atoms with Gasteiger partial charge in [-0.3, -0.25) is 0 Å². The zero-order valence-electron chi connectivity index (χ0n) is 15.4. The van der Waals surface area contributed by atoms with E-state index in [-0.39, 0.29) is 0 Å². The molecular weight excluding hydrogens is 443 g/mol. The second kappa shape index (κ2) is 9.19. The van der Waals surface area contributed by atoms with E-state index in [0.717, 1.165) is 34.7 Å². The minimum Gasteiger partial charge on any atom is -0.316 e. The minimum atomic E-state index is 0.621. The Bertz CT molecular complexity index is 1180. The number of aryl methyl sites for hydroxylation is 1. The fraction of sp³-hybridized carbons (Fsp3) is 0.0870. The lowest BCUT2D eigenvalue weighted by atomic mass is 10.1. The molecule has 1 aromatic heterocycles. The molecule has 0 N–H and O–H groups in total. The Kier molecular flexibility index (Phi) is 6.41. The number of benzene rings is 3. The van der Waals surface area contributed by atoms with E-state index >= 15 is 0 Å². The molecule has 0 aliphatic carbocycles. The molecule has 146 valence electrons. The van der Waals surface area contributed by atoms with Crippen LogP contribution in [0.1, 0.15) is 5.56 Å². The molecule has 4 aromatic rings. The summed E-state index contributed by atoms with van der Waals surface area (Å²) in [4.78, 5) is 5.75. The summed E-state index contributed by atoms with van der Waals surface area (Å²) in [7, 11) is 0. The summed E-state index contributed by atoms with van der Waals surface area (Å²) in [5.74, 6) is 0. The van der Waals surface area contributed by atoms with Gasteiger partial charge in [-0.25, -0.2) is 4.99 Å². The van der Waals surface area contributed by atoms with Gasteiger partial charge in [0.05, 0.1) is 16.4 Å². The highest BCUT2D eigenvalue weighted by atomic mass is 35.5. The molecule has 0 aliphatic rings. The Morgan fingerprint density at radius 3 is 2.28 bits per heavy atom. The van der Waals surface area contributed by atoms with Crippen LogP contribution in [0.5, 0.6) is 0 Å². The van der Waals surface area contributed by atoms with Gasteiger partial charge in [-0.2, -0.15) is 0 Å². The zero-order valence-corrected chi connectivity index (χ0v) is 18.4. The van der Waals surface area contributed by atoms with Crippen LogP contribution in [0.15, 0.2) is 83.2 Å². The standard InChI is InChI=1S/C23H17Cl3N2S/c24-17-6-9-19(10-7-17)27-23-28(13-12-16-4-2-1-3-5-16)22(15-29-23)20-11-8-18(25)14-21(20)26/h1-11,14-15H,12-13H2. The van der Waals surface area contributed by atoms with E-state index in [2.05, 4.69) is 34.2 Å². The van der Waals surface area contributed by atoms with Gasteiger partial charge >= 0.3 is 0 Å². The molecule has 2 nitrogen and oxygen atoms in total. The molecule has 0 atom stereocenters. The van der Waals surface area contributed by atoms with E-state index in [1.165, 1.54) is 5.56 Å². The van der Waals surface area contributed by atoms with Crippen molar-refractivity contribution in [2.24, 2.45) is 4.99 Å². The van der Waals surface area contributed by atoms with Gasteiger partial charge in [-0.1, -0.05) is 65.1 Å². The third-order valence-electron chi connectivity index (χ3n) is 4.52. The van der Waals surface area contributed by atoms with Crippen molar-refractivity contribution in [3.63, 3.8) is 0 Å². The van der Waals surface area contributed by atoms with Gasteiger partial charge in [0, 0.05) is 27.5 Å². The molecule has 0 amide bonds. The first-order valence-corrected chi connectivity index (χ1v) is 11.1. The van der Waals surface area contributed by atoms with Crippen LogP contribution in [0.3, 0.4) is 0 Å². The molecule has 1 heterocycles. The van der Waals surface area contributed by atoms with Crippen molar-refractivity contribution in [1.82, 2.24) is 4.57 Å². The van der Waals surface area contributed by atoms with E-state index in [4.69, 9.17) is 39.8 Å². The first-order chi connectivity index (χ1) is 14.1. The van der Waals surface area contributed by atoms with Crippen LogP contribution in [-0.2, 0) is 13.0 Å². The Hall–Kier alpha value is -2.04. The average molecular weight is 460 g/mol. The number of aromatic nitrogens is 1. The lowest BCUT2D eigenvalue weighted by Crippen LogP contribution is -2.17. The van der Waals surface area contributed by atoms with Crippen LogP contribution >= 0.6 is 46.1 Å². The summed E-state index contributed by atoms with van der Waals surface area (Å²) in [6.45, 7) is 0.786.